The molecule has 1 N–H and O–H groups in total. The van der Waals surface area contributed by atoms with Crippen molar-refractivity contribution in [3.63, 3.8) is 0 Å². The first-order chi connectivity index (χ1) is 13.8. The molecule has 8 nitrogen and oxygen atoms in total. The summed E-state index contributed by atoms with van der Waals surface area (Å²) in [5.41, 5.74) is 0.239. The lowest BCUT2D eigenvalue weighted by Crippen LogP contribution is -2.27. The van der Waals surface area contributed by atoms with E-state index >= 15 is 0 Å². The molecule has 150 valence electrons. The molecule has 29 heavy (non-hydrogen) atoms. The number of carbonyl (C=O) groups is 1. The molecule has 0 bridgehead atoms. The number of ether oxygens (including phenoxy) is 2. The van der Waals surface area contributed by atoms with Gasteiger partial charge in [-0.1, -0.05) is 35.6 Å². The van der Waals surface area contributed by atoms with Gasteiger partial charge in [-0.3, -0.25) is 19.8 Å². The van der Waals surface area contributed by atoms with E-state index in [-0.39, 0.29) is 15.0 Å². The number of hydrogen-bond donors (Lipinski definition) is 1. The van der Waals surface area contributed by atoms with E-state index in [9.17, 15) is 20.0 Å². The van der Waals surface area contributed by atoms with Gasteiger partial charge in [0, 0.05) is 6.07 Å². The van der Waals surface area contributed by atoms with Gasteiger partial charge < -0.3 is 14.6 Å². The van der Waals surface area contributed by atoms with E-state index in [4.69, 9.17) is 33.3 Å². The van der Waals surface area contributed by atoms with Gasteiger partial charge in [0.25, 0.3) is 5.91 Å². The molecular formula is C18H13ClN2O6S2. The summed E-state index contributed by atoms with van der Waals surface area (Å²) in [4.78, 5) is 24.9. The number of halogens is 1. The molecule has 3 rings (SSSR count). The highest BCUT2D eigenvalue weighted by Crippen LogP contribution is 2.41. The Labute approximate surface area is 179 Å². The summed E-state index contributed by atoms with van der Waals surface area (Å²) in [6.07, 6.45) is 1.44. The fourth-order valence-electron chi connectivity index (χ4n) is 2.63. The van der Waals surface area contributed by atoms with Crippen LogP contribution in [0.5, 0.6) is 17.2 Å². The number of nitro benzene ring substituents is 1. The van der Waals surface area contributed by atoms with Crippen LogP contribution in [0.15, 0.2) is 35.2 Å². The number of carbonyl (C=O) groups excluding carboxylic acids is 1. The first-order valence-electron chi connectivity index (χ1n) is 7.93. The topological polar surface area (TPSA) is 102 Å². The highest BCUT2D eigenvalue weighted by Gasteiger charge is 2.34. The van der Waals surface area contributed by atoms with Gasteiger partial charge in [0.1, 0.15) is 5.75 Å². The predicted molar refractivity (Wildman–Crippen MR) is 115 cm³/mol. The Morgan fingerprint density at radius 2 is 1.93 bits per heavy atom. The number of benzene rings is 2. The van der Waals surface area contributed by atoms with E-state index in [2.05, 4.69) is 0 Å². The summed E-state index contributed by atoms with van der Waals surface area (Å²) >= 11 is 12.5. The van der Waals surface area contributed by atoms with Gasteiger partial charge in [-0.2, -0.15) is 0 Å². The number of phenolic OH excluding ortho intramolecular Hbond substituents is 1. The molecule has 1 amide bonds. The van der Waals surface area contributed by atoms with E-state index in [0.29, 0.717) is 22.0 Å². The molecule has 0 aromatic heterocycles. The number of phenols is 1. The SMILES string of the molecule is COc1ccc(N2C(=O)/C(=C\c3cc(OC)c(O)c([N+](=O)[O-])c3)SC2=S)cc1Cl. The summed E-state index contributed by atoms with van der Waals surface area (Å²) in [5.74, 6) is -0.617. The van der Waals surface area contributed by atoms with Gasteiger partial charge in [0.05, 0.1) is 34.8 Å². The van der Waals surface area contributed by atoms with E-state index in [1.165, 1.54) is 31.3 Å². The molecule has 0 unspecified atom stereocenters. The normalized spacial score (nSPS) is 15.1. The smallest absolute Gasteiger partial charge is 0.315 e. The number of amides is 1. The van der Waals surface area contributed by atoms with E-state index in [1.807, 2.05) is 0 Å². The summed E-state index contributed by atoms with van der Waals surface area (Å²) < 4.78 is 10.4. The Bertz CT molecular complexity index is 1070. The van der Waals surface area contributed by atoms with E-state index in [0.717, 1.165) is 17.8 Å². The molecule has 0 radical (unpaired) electrons. The molecule has 0 aliphatic carbocycles. The summed E-state index contributed by atoms with van der Waals surface area (Å²) in [6.45, 7) is 0. The van der Waals surface area contributed by atoms with Gasteiger partial charge in [0.2, 0.25) is 5.75 Å². The maximum atomic E-state index is 12.9. The maximum Gasteiger partial charge on any atom is 0.315 e. The molecular weight excluding hydrogens is 440 g/mol. The monoisotopic (exact) mass is 452 g/mol. The van der Waals surface area contributed by atoms with Gasteiger partial charge in [0.15, 0.2) is 10.1 Å². The van der Waals surface area contributed by atoms with Gasteiger partial charge in [-0.05, 0) is 35.9 Å². The van der Waals surface area contributed by atoms with Crippen LogP contribution < -0.4 is 14.4 Å². The van der Waals surface area contributed by atoms with Crippen LogP contribution in [0.2, 0.25) is 5.02 Å². The van der Waals surface area contributed by atoms with E-state index < -0.39 is 22.3 Å². The van der Waals surface area contributed by atoms with Crippen molar-refractivity contribution in [3.8, 4) is 17.2 Å². The molecule has 0 atom stereocenters. The van der Waals surface area contributed by atoms with Crippen LogP contribution in [0.4, 0.5) is 11.4 Å². The summed E-state index contributed by atoms with van der Waals surface area (Å²) in [5, 5.41) is 21.4. The van der Waals surface area contributed by atoms with Gasteiger partial charge in [-0.25, -0.2) is 0 Å². The van der Waals surface area contributed by atoms with Crippen molar-refractivity contribution in [2.75, 3.05) is 19.1 Å². The zero-order chi connectivity index (χ0) is 21.3. The third-order valence-corrected chi connectivity index (χ3v) is 5.58. The number of rotatable bonds is 5. The van der Waals surface area contributed by atoms with Crippen LogP contribution in [0.1, 0.15) is 5.56 Å². The van der Waals surface area contributed by atoms with Crippen molar-refractivity contribution in [2.24, 2.45) is 0 Å². The summed E-state index contributed by atoms with van der Waals surface area (Å²) in [6, 6.07) is 7.36. The Morgan fingerprint density at radius 3 is 2.52 bits per heavy atom. The fourth-order valence-corrected chi connectivity index (χ4v) is 4.18. The molecule has 1 aliphatic rings. The predicted octanol–water partition coefficient (Wildman–Crippen LogP) is 4.38. The standard InChI is InChI=1S/C18H13ClN2O6S2/c1-26-13-4-3-10(8-11(13)19)20-17(23)15(29-18(20)28)7-9-5-12(21(24)25)16(22)14(6-9)27-2/h3-8,22H,1-2H3/b15-7+. The van der Waals surface area contributed by atoms with Crippen LogP contribution in [0.25, 0.3) is 6.08 Å². The molecule has 11 heteroatoms. The van der Waals surface area contributed by atoms with Crippen LogP contribution in [0, 0.1) is 10.1 Å². The minimum atomic E-state index is -0.736. The molecule has 0 spiro atoms. The van der Waals surface area contributed by atoms with Gasteiger partial charge in [-0.15, -0.1) is 0 Å². The van der Waals surface area contributed by atoms with E-state index in [1.54, 1.807) is 18.2 Å². The Kier molecular flexibility index (Phi) is 5.96. The number of methoxy groups -OCH3 is 2. The highest BCUT2D eigenvalue weighted by atomic mass is 35.5. The number of thioether (sulfide) groups is 1. The quantitative estimate of drug-likeness (QED) is 0.308. The molecule has 0 saturated carbocycles. The number of anilines is 1. The maximum absolute atomic E-state index is 12.9. The van der Waals surface area contributed by atoms with Crippen molar-refractivity contribution < 1.29 is 24.3 Å². The zero-order valence-electron chi connectivity index (χ0n) is 15.0. The molecule has 1 saturated heterocycles. The number of thiocarbonyl (C=S) groups is 1. The average Bonchev–Trinajstić information content (AvgIpc) is 2.95. The average molecular weight is 453 g/mol. The van der Waals surface area contributed by atoms with Crippen LogP contribution in [-0.2, 0) is 4.79 Å². The lowest BCUT2D eigenvalue weighted by molar-refractivity contribution is -0.386. The minimum Gasteiger partial charge on any atom is -0.500 e. The Morgan fingerprint density at radius 1 is 1.24 bits per heavy atom. The second-order valence-corrected chi connectivity index (χ2v) is 7.77. The number of nitrogens with zero attached hydrogens (tertiary/aromatic N) is 2. The molecule has 1 heterocycles. The highest BCUT2D eigenvalue weighted by molar-refractivity contribution is 8.27. The van der Waals surface area contributed by atoms with Crippen LogP contribution in [-0.4, -0.2) is 34.5 Å². The van der Waals surface area contributed by atoms with Crippen LogP contribution >= 0.6 is 35.6 Å². The fraction of sp³-hybridized carbons (Fsp3) is 0.111. The molecule has 1 fully saturated rings. The molecule has 2 aromatic carbocycles. The third-order valence-electron chi connectivity index (χ3n) is 3.98. The summed E-state index contributed by atoms with van der Waals surface area (Å²) in [7, 11) is 2.75. The largest absolute Gasteiger partial charge is 0.500 e. The molecule has 2 aromatic rings. The number of aromatic hydroxyl groups is 1. The lowest BCUT2D eigenvalue weighted by atomic mass is 10.1. The Balaban J connectivity index is 1.99. The van der Waals surface area contributed by atoms with Crippen molar-refractivity contribution in [2.45, 2.75) is 0 Å². The second-order valence-electron chi connectivity index (χ2n) is 5.68. The number of nitro groups is 1. The molecule has 1 aliphatic heterocycles. The number of hydrogen-bond acceptors (Lipinski definition) is 8. The first kappa shape index (κ1) is 20.9. The first-order valence-corrected chi connectivity index (χ1v) is 9.54. The van der Waals surface area contributed by atoms with Crippen LogP contribution in [0.3, 0.4) is 0 Å². The van der Waals surface area contributed by atoms with Gasteiger partial charge >= 0.3 is 5.69 Å². The minimum absolute atomic E-state index is 0.0807. The lowest BCUT2D eigenvalue weighted by Gasteiger charge is -2.15. The van der Waals surface area contributed by atoms with Crippen molar-refractivity contribution >= 4 is 63.3 Å². The second kappa shape index (κ2) is 8.27. The third kappa shape index (κ3) is 4.00. The van der Waals surface area contributed by atoms with Crippen molar-refractivity contribution in [1.29, 1.82) is 0 Å². The Hall–Kier alpha value is -2.82. The van der Waals surface area contributed by atoms with Crippen molar-refractivity contribution in [1.82, 2.24) is 0 Å². The van der Waals surface area contributed by atoms with Crippen molar-refractivity contribution in [3.05, 3.63) is 55.9 Å². The zero-order valence-corrected chi connectivity index (χ0v) is 17.4.